The largest absolute Gasteiger partial charge is 0.312 e. The monoisotopic (exact) mass is 321 g/mol. The molecule has 120 valence electrons. The number of hydrogen-bond acceptors (Lipinski definition) is 0. The SMILES string of the molecule is Cc1ccc2c3c1c1ccccc1c1ccc(n13)C(C)(C)C2(F)F. The molecule has 0 aliphatic carbocycles. The Hall–Kier alpha value is -2.42. The maximum Gasteiger partial charge on any atom is 0.285 e. The summed E-state index contributed by atoms with van der Waals surface area (Å²) in [4.78, 5) is 0. The second-order valence-electron chi connectivity index (χ2n) is 7.34. The molecule has 24 heavy (non-hydrogen) atoms. The molecule has 3 heteroatoms. The smallest absolute Gasteiger partial charge is 0.285 e. The highest BCUT2D eigenvalue weighted by molar-refractivity contribution is 6.15. The fourth-order valence-electron chi connectivity index (χ4n) is 4.32. The van der Waals surface area contributed by atoms with Crippen molar-refractivity contribution in [3.63, 3.8) is 0 Å². The van der Waals surface area contributed by atoms with E-state index < -0.39 is 11.3 Å². The normalized spacial score (nSPS) is 18.0. The van der Waals surface area contributed by atoms with Crippen molar-refractivity contribution >= 4 is 27.2 Å². The fourth-order valence-corrected chi connectivity index (χ4v) is 4.32. The van der Waals surface area contributed by atoms with E-state index in [0.717, 1.165) is 27.2 Å². The Labute approximate surface area is 138 Å². The molecule has 0 saturated carbocycles. The fraction of sp³-hybridized carbons (Fsp3) is 0.238. The Bertz CT molecular complexity index is 1170. The van der Waals surface area contributed by atoms with Gasteiger partial charge in [-0.15, -0.1) is 0 Å². The molecule has 1 nitrogen and oxygen atoms in total. The first-order valence-corrected chi connectivity index (χ1v) is 8.20. The Morgan fingerprint density at radius 1 is 0.875 bits per heavy atom. The number of benzene rings is 2. The minimum absolute atomic E-state index is 0.132. The van der Waals surface area contributed by atoms with Crippen LogP contribution < -0.4 is 0 Å². The van der Waals surface area contributed by atoms with Gasteiger partial charge >= 0.3 is 0 Å². The van der Waals surface area contributed by atoms with E-state index in [1.807, 2.05) is 43.3 Å². The number of alkyl halides is 2. The zero-order chi connectivity index (χ0) is 16.9. The number of aryl methyl sites for hydroxylation is 1. The molecule has 5 rings (SSSR count). The molecule has 2 aromatic carbocycles. The van der Waals surface area contributed by atoms with Gasteiger partial charge < -0.3 is 4.40 Å². The van der Waals surface area contributed by atoms with Crippen LogP contribution in [0.2, 0.25) is 0 Å². The van der Waals surface area contributed by atoms with Gasteiger partial charge in [-0.05, 0) is 43.9 Å². The molecule has 0 radical (unpaired) electrons. The van der Waals surface area contributed by atoms with Crippen LogP contribution in [0, 0.1) is 6.92 Å². The second-order valence-corrected chi connectivity index (χ2v) is 7.34. The van der Waals surface area contributed by atoms with Crippen molar-refractivity contribution in [2.75, 3.05) is 0 Å². The number of aromatic nitrogens is 1. The lowest BCUT2D eigenvalue weighted by Gasteiger charge is -2.39. The van der Waals surface area contributed by atoms with E-state index in [2.05, 4.69) is 10.5 Å². The third-order valence-corrected chi connectivity index (χ3v) is 5.73. The number of rotatable bonds is 0. The maximum atomic E-state index is 15.4. The summed E-state index contributed by atoms with van der Waals surface area (Å²) in [6.07, 6.45) is 0. The third-order valence-electron chi connectivity index (χ3n) is 5.73. The summed E-state index contributed by atoms with van der Waals surface area (Å²) in [5.41, 5.74) is 2.25. The maximum absolute atomic E-state index is 15.4. The van der Waals surface area contributed by atoms with Crippen LogP contribution >= 0.6 is 0 Å². The van der Waals surface area contributed by atoms with E-state index in [9.17, 15) is 0 Å². The minimum atomic E-state index is -2.91. The van der Waals surface area contributed by atoms with Gasteiger partial charge in [0.25, 0.3) is 5.92 Å². The number of fused-ring (bicyclic) bond motifs is 3. The van der Waals surface area contributed by atoms with Gasteiger partial charge in [-0.1, -0.05) is 36.4 Å². The summed E-state index contributed by atoms with van der Waals surface area (Å²) >= 11 is 0. The summed E-state index contributed by atoms with van der Waals surface area (Å²) in [7, 11) is 0. The highest BCUT2D eigenvalue weighted by atomic mass is 19.3. The van der Waals surface area contributed by atoms with E-state index in [1.165, 1.54) is 0 Å². The summed E-state index contributed by atoms with van der Waals surface area (Å²) in [6.45, 7) is 5.27. The van der Waals surface area contributed by atoms with Crippen molar-refractivity contribution < 1.29 is 8.78 Å². The van der Waals surface area contributed by atoms with Gasteiger partial charge in [0.05, 0.1) is 16.4 Å². The van der Waals surface area contributed by atoms with Gasteiger partial charge in [0.2, 0.25) is 0 Å². The molecule has 0 saturated heterocycles. The quantitative estimate of drug-likeness (QED) is 0.353. The van der Waals surface area contributed by atoms with Crippen LogP contribution in [0.15, 0.2) is 48.5 Å². The van der Waals surface area contributed by atoms with Crippen LogP contribution in [-0.4, -0.2) is 4.40 Å². The van der Waals surface area contributed by atoms with Gasteiger partial charge in [-0.3, -0.25) is 0 Å². The highest BCUT2D eigenvalue weighted by Crippen LogP contribution is 2.53. The first kappa shape index (κ1) is 14.0. The molecule has 0 bridgehead atoms. The summed E-state index contributed by atoms with van der Waals surface area (Å²) in [5, 5.41) is 3.08. The van der Waals surface area contributed by atoms with Gasteiger partial charge in [0.15, 0.2) is 0 Å². The van der Waals surface area contributed by atoms with Crippen LogP contribution in [0.3, 0.4) is 0 Å². The first-order valence-electron chi connectivity index (χ1n) is 8.20. The van der Waals surface area contributed by atoms with E-state index in [-0.39, 0.29) is 5.56 Å². The van der Waals surface area contributed by atoms with E-state index in [0.29, 0.717) is 11.2 Å². The molecule has 0 N–H and O–H groups in total. The number of halogens is 2. The van der Waals surface area contributed by atoms with Crippen molar-refractivity contribution in [1.82, 2.24) is 4.40 Å². The Balaban J connectivity index is 2.24. The van der Waals surface area contributed by atoms with Crippen LogP contribution in [0.5, 0.6) is 0 Å². The zero-order valence-corrected chi connectivity index (χ0v) is 13.8. The van der Waals surface area contributed by atoms with Gasteiger partial charge in [0, 0.05) is 22.0 Å². The van der Waals surface area contributed by atoms with Crippen molar-refractivity contribution in [1.29, 1.82) is 0 Å². The zero-order valence-electron chi connectivity index (χ0n) is 13.8. The number of hydrogen-bond donors (Lipinski definition) is 0. The van der Waals surface area contributed by atoms with Crippen molar-refractivity contribution in [3.05, 3.63) is 65.4 Å². The van der Waals surface area contributed by atoms with Crippen LogP contribution in [0.4, 0.5) is 8.78 Å². The molecule has 1 aliphatic rings. The molecule has 0 spiro atoms. The standard InChI is InChI=1S/C21H17F2N/c1-12-8-9-15-19-18(12)14-7-5-4-6-13(14)16-10-11-17(24(16)19)20(2,3)21(15,22)23/h4-11H,1-3H3. The predicted octanol–water partition coefficient (Wildman–Crippen LogP) is 5.94. The average molecular weight is 321 g/mol. The van der Waals surface area contributed by atoms with Crippen LogP contribution in [0.25, 0.3) is 27.2 Å². The molecule has 2 aromatic heterocycles. The number of nitrogens with zero attached hydrogens (tertiary/aromatic N) is 1. The predicted molar refractivity (Wildman–Crippen MR) is 94.1 cm³/mol. The molecule has 0 fully saturated rings. The van der Waals surface area contributed by atoms with Crippen molar-refractivity contribution in [2.24, 2.45) is 0 Å². The van der Waals surface area contributed by atoms with E-state index >= 15 is 8.78 Å². The lowest BCUT2D eigenvalue weighted by molar-refractivity contribution is -0.0758. The van der Waals surface area contributed by atoms with Crippen LogP contribution in [0.1, 0.15) is 30.7 Å². The molecular formula is C21H17F2N. The van der Waals surface area contributed by atoms with Crippen LogP contribution in [-0.2, 0) is 11.3 Å². The van der Waals surface area contributed by atoms with E-state index in [4.69, 9.17) is 0 Å². The Morgan fingerprint density at radius 3 is 2.33 bits per heavy atom. The lowest BCUT2D eigenvalue weighted by Crippen LogP contribution is -2.42. The van der Waals surface area contributed by atoms with Crippen molar-refractivity contribution in [3.8, 4) is 0 Å². The molecule has 4 aromatic rings. The molecule has 1 aliphatic heterocycles. The second kappa shape index (κ2) is 3.97. The topological polar surface area (TPSA) is 4.41 Å². The molecule has 0 amide bonds. The molecular weight excluding hydrogens is 304 g/mol. The highest BCUT2D eigenvalue weighted by Gasteiger charge is 2.54. The van der Waals surface area contributed by atoms with Crippen molar-refractivity contribution in [2.45, 2.75) is 32.1 Å². The minimum Gasteiger partial charge on any atom is -0.312 e. The molecule has 0 unspecified atom stereocenters. The summed E-state index contributed by atoms with van der Waals surface area (Å²) in [6, 6.07) is 15.4. The van der Waals surface area contributed by atoms with E-state index in [1.54, 1.807) is 19.9 Å². The van der Waals surface area contributed by atoms with Gasteiger partial charge in [-0.25, -0.2) is 8.78 Å². The van der Waals surface area contributed by atoms with Gasteiger partial charge in [0.1, 0.15) is 0 Å². The molecule has 3 heterocycles. The molecule has 0 atom stereocenters. The van der Waals surface area contributed by atoms with Gasteiger partial charge in [-0.2, -0.15) is 0 Å². The summed E-state index contributed by atoms with van der Waals surface area (Å²) in [5.74, 6) is -2.91. The third kappa shape index (κ3) is 1.32. The Kier molecular flexibility index (Phi) is 2.31. The average Bonchev–Trinajstić information content (AvgIpc) is 2.99. The summed E-state index contributed by atoms with van der Waals surface area (Å²) < 4.78 is 32.8. The lowest BCUT2D eigenvalue weighted by atomic mass is 9.75. The first-order chi connectivity index (χ1) is 11.4. The number of pyridine rings is 1. The Morgan fingerprint density at radius 2 is 1.58 bits per heavy atom.